The van der Waals surface area contributed by atoms with Crippen molar-refractivity contribution >= 4 is 11.9 Å². The van der Waals surface area contributed by atoms with Crippen LogP contribution in [0.25, 0.3) is 5.82 Å². The summed E-state index contributed by atoms with van der Waals surface area (Å²) in [4.78, 5) is 28.8. The summed E-state index contributed by atoms with van der Waals surface area (Å²) in [5, 5.41) is 10.9. The van der Waals surface area contributed by atoms with Crippen molar-refractivity contribution in [3.05, 3.63) is 36.5 Å². The Morgan fingerprint density at radius 3 is 2.85 bits per heavy atom. The van der Waals surface area contributed by atoms with Gasteiger partial charge in [0.2, 0.25) is 0 Å². The molecule has 2 aliphatic rings. The van der Waals surface area contributed by atoms with Gasteiger partial charge in [0.1, 0.15) is 12.2 Å². The maximum Gasteiger partial charge on any atom is 0.313 e. The monoisotopic (exact) mass is 357 g/mol. The number of hydrogen-bond acceptors (Lipinski definition) is 7. The number of aromatic nitrogens is 4. The summed E-state index contributed by atoms with van der Waals surface area (Å²) in [6.07, 6.45) is 6.22. The van der Waals surface area contributed by atoms with Gasteiger partial charge in [0.15, 0.2) is 11.5 Å². The Hall–Kier alpha value is -2.81. The summed E-state index contributed by atoms with van der Waals surface area (Å²) >= 11 is 0. The largest absolute Gasteiger partial charge is 0.466 e. The van der Waals surface area contributed by atoms with Crippen molar-refractivity contribution in [3.63, 3.8) is 0 Å². The van der Waals surface area contributed by atoms with E-state index in [4.69, 9.17) is 9.47 Å². The van der Waals surface area contributed by atoms with Crippen LogP contribution in [0.1, 0.15) is 30.3 Å². The molecule has 0 spiro atoms. The van der Waals surface area contributed by atoms with E-state index in [-0.39, 0.29) is 29.8 Å². The van der Waals surface area contributed by atoms with Gasteiger partial charge in [0, 0.05) is 12.4 Å². The topological polar surface area (TPSA) is 108 Å². The van der Waals surface area contributed by atoms with E-state index in [2.05, 4.69) is 20.5 Å². The lowest BCUT2D eigenvalue weighted by atomic mass is 9.84. The minimum atomic E-state index is -0.476. The molecule has 2 aromatic heterocycles. The molecule has 4 unspecified atom stereocenters. The predicted molar refractivity (Wildman–Crippen MR) is 88.4 cm³/mol. The molecule has 2 aromatic rings. The third-order valence-corrected chi connectivity index (χ3v) is 4.78. The summed E-state index contributed by atoms with van der Waals surface area (Å²) in [5.41, 5.74) is 0.180. The quantitative estimate of drug-likeness (QED) is 0.776. The van der Waals surface area contributed by atoms with Crippen molar-refractivity contribution in [2.45, 2.75) is 38.0 Å². The molecule has 4 rings (SSSR count). The summed E-state index contributed by atoms with van der Waals surface area (Å²) in [6.45, 7) is 2.06. The molecule has 2 saturated heterocycles. The van der Waals surface area contributed by atoms with Gasteiger partial charge in [-0.05, 0) is 31.9 Å². The lowest BCUT2D eigenvalue weighted by Gasteiger charge is -2.26. The molecule has 26 heavy (non-hydrogen) atoms. The first-order valence-electron chi connectivity index (χ1n) is 8.62. The average Bonchev–Trinajstić information content (AvgIpc) is 3.39. The van der Waals surface area contributed by atoms with Crippen LogP contribution in [0, 0.1) is 5.92 Å². The molecule has 0 aliphatic carbocycles. The van der Waals surface area contributed by atoms with Crippen molar-refractivity contribution in [1.82, 2.24) is 25.1 Å². The van der Waals surface area contributed by atoms with E-state index in [1.54, 1.807) is 42.3 Å². The number of hydrogen-bond donors (Lipinski definition) is 1. The molecule has 2 bridgehead atoms. The molecular weight excluding hydrogens is 338 g/mol. The van der Waals surface area contributed by atoms with Gasteiger partial charge in [-0.2, -0.15) is 0 Å². The highest BCUT2D eigenvalue weighted by Gasteiger charge is 2.53. The molecule has 1 amide bonds. The number of nitrogens with one attached hydrogen (secondary N) is 1. The molecule has 9 heteroatoms. The molecule has 0 radical (unpaired) electrons. The van der Waals surface area contributed by atoms with E-state index in [0.29, 0.717) is 12.4 Å². The van der Waals surface area contributed by atoms with Crippen molar-refractivity contribution in [2.24, 2.45) is 5.92 Å². The van der Waals surface area contributed by atoms with Crippen LogP contribution < -0.4 is 5.32 Å². The van der Waals surface area contributed by atoms with E-state index in [0.717, 1.165) is 12.8 Å². The zero-order chi connectivity index (χ0) is 18.1. The zero-order valence-electron chi connectivity index (χ0n) is 14.2. The maximum atomic E-state index is 12.6. The fourth-order valence-electron chi connectivity index (χ4n) is 3.60. The summed E-state index contributed by atoms with van der Waals surface area (Å²) in [7, 11) is 0. The lowest BCUT2D eigenvalue weighted by molar-refractivity contribution is -0.150. The highest BCUT2D eigenvalue weighted by atomic mass is 16.5. The Morgan fingerprint density at radius 2 is 2.15 bits per heavy atom. The van der Waals surface area contributed by atoms with Crippen molar-refractivity contribution in [3.8, 4) is 5.82 Å². The minimum Gasteiger partial charge on any atom is -0.466 e. The predicted octanol–water partition coefficient (Wildman–Crippen LogP) is 0.501. The first-order valence-corrected chi connectivity index (χ1v) is 8.62. The lowest BCUT2D eigenvalue weighted by Crippen LogP contribution is -2.50. The van der Waals surface area contributed by atoms with Crippen LogP contribution in [0.3, 0.4) is 0 Å². The Labute approximate surface area is 149 Å². The third kappa shape index (κ3) is 2.94. The van der Waals surface area contributed by atoms with Gasteiger partial charge in [0.25, 0.3) is 5.91 Å². The van der Waals surface area contributed by atoms with Crippen LogP contribution in [0.15, 0.2) is 30.9 Å². The standard InChI is InChI=1S/C17H19N5O4/c1-2-25-17(24)14-11-4-5-12(26-11)15(14)19-16(23)10-3-6-13(21-20-10)22-8-7-18-9-22/h3,6-9,11-12,14-15H,2,4-5H2,1H3,(H,19,23). The Kier molecular flexibility index (Phi) is 4.37. The van der Waals surface area contributed by atoms with Crippen molar-refractivity contribution < 1.29 is 19.1 Å². The van der Waals surface area contributed by atoms with Crippen LogP contribution >= 0.6 is 0 Å². The molecule has 136 valence electrons. The van der Waals surface area contributed by atoms with E-state index >= 15 is 0 Å². The second-order valence-electron chi connectivity index (χ2n) is 6.31. The number of carbonyl (C=O) groups is 2. The van der Waals surface area contributed by atoms with E-state index < -0.39 is 12.0 Å². The SMILES string of the molecule is CCOC(=O)C1C2CCC(O2)C1NC(=O)c1ccc(-n2ccnc2)nn1. The molecule has 2 aliphatic heterocycles. The number of rotatable bonds is 5. The number of ether oxygens (including phenoxy) is 2. The second kappa shape index (κ2) is 6.83. The van der Waals surface area contributed by atoms with Gasteiger partial charge in [-0.15, -0.1) is 10.2 Å². The smallest absolute Gasteiger partial charge is 0.313 e. The Balaban J connectivity index is 1.47. The average molecular weight is 357 g/mol. The van der Waals surface area contributed by atoms with E-state index in [9.17, 15) is 9.59 Å². The number of carbonyl (C=O) groups excluding carboxylic acids is 2. The van der Waals surface area contributed by atoms with Crippen molar-refractivity contribution in [2.75, 3.05) is 6.61 Å². The first-order chi connectivity index (χ1) is 12.7. The van der Waals surface area contributed by atoms with Gasteiger partial charge >= 0.3 is 5.97 Å². The summed E-state index contributed by atoms with van der Waals surface area (Å²) < 4.78 is 12.6. The molecule has 2 fully saturated rings. The third-order valence-electron chi connectivity index (χ3n) is 4.78. The first kappa shape index (κ1) is 16.6. The van der Waals surface area contributed by atoms with Crippen LogP contribution in [0.2, 0.25) is 0 Å². The normalized spacial score (nSPS) is 26.7. The second-order valence-corrected chi connectivity index (χ2v) is 6.31. The van der Waals surface area contributed by atoms with Gasteiger partial charge in [0.05, 0.1) is 24.9 Å². The Morgan fingerprint density at radius 1 is 1.31 bits per heavy atom. The summed E-state index contributed by atoms with van der Waals surface area (Å²) in [6, 6.07) is 2.87. The number of imidazole rings is 1. The zero-order valence-corrected chi connectivity index (χ0v) is 14.2. The van der Waals surface area contributed by atoms with Crippen LogP contribution in [0.5, 0.6) is 0 Å². The number of fused-ring (bicyclic) bond motifs is 2. The molecule has 0 saturated carbocycles. The van der Waals surface area contributed by atoms with Crippen LogP contribution in [-0.4, -0.2) is 56.5 Å². The fraction of sp³-hybridized carbons (Fsp3) is 0.471. The Bertz CT molecular complexity index is 792. The molecule has 1 N–H and O–H groups in total. The molecule has 4 heterocycles. The fourth-order valence-corrected chi connectivity index (χ4v) is 3.60. The van der Waals surface area contributed by atoms with Crippen LogP contribution in [-0.2, 0) is 14.3 Å². The van der Waals surface area contributed by atoms with Gasteiger partial charge < -0.3 is 14.8 Å². The molecule has 9 nitrogen and oxygen atoms in total. The van der Waals surface area contributed by atoms with Crippen molar-refractivity contribution in [1.29, 1.82) is 0 Å². The number of esters is 1. The van der Waals surface area contributed by atoms with Crippen LogP contribution in [0.4, 0.5) is 0 Å². The van der Waals surface area contributed by atoms with E-state index in [1.807, 2.05) is 0 Å². The molecular formula is C17H19N5O4. The summed E-state index contributed by atoms with van der Waals surface area (Å²) in [5.74, 6) is -0.626. The number of nitrogens with zero attached hydrogens (tertiary/aromatic N) is 4. The maximum absolute atomic E-state index is 12.6. The minimum absolute atomic E-state index is 0.170. The molecule has 0 aromatic carbocycles. The van der Waals surface area contributed by atoms with Gasteiger partial charge in [-0.25, -0.2) is 4.98 Å². The highest BCUT2D eigenvalue weighted by molar-refractivity contribution is 5.93. The van der Waals surface area contributed by atoms with Gasteiger partial charge in [-0.3, -0.25) is 14.2 Å². The number of amides is 1. The van der Waals surface area contributed by atoms with Gasteiger partial charge in [-0.1, -0.05) is 0 Å². The highest BCUT2D eigenvalue weighted by Crippen LogP contribution is 2.39. The van der Waals surface area contributed by atoms with E-state index in [1.165, 1.54) is 0 Å². The molecule has 4 atom stereocenters.